The van der Waals surface area contributed by atoms with Crippen LogP contribution >= 0.6 is 0 Å². The molecule has 94 valence electrons. The van der Waals surface area contributed by atoms with Crippen LogP contribution in [0.4, 0.5) is 0 Å². The summed E-state index contributed by atoms with van der Waals surface area (Å²) in [4.78, 5) is 4.19. The lowest BCUT2D eigenvalue weighted by molar-refractivity contribution is 0.497. The molecule has 2 aliphatic heterocycles. The van der Waals surface area contributed by atoms with Crippen LogP contribution in [0.2, 0.25) is 0 Å². The van der Waals surface area contributed by atoms with Gasteiger partial charge in [0.2, 0.25) is 0 Å². The minimum absolute atomic E-state index is 0.0832. The number of sulfone groups is 1. The molecule has 2 atom stereocenters. The van der Waals surface area contributed by atoms with E-state index in [2.05, 4.69) is 14.9 Å². The van der Waals surface area contributed by atoms with Crippen LogP contribution in [0.1, 0.15) is 37.0 Å². The summed E-state index contributed by atoms with van der Waals surface area (Å²) in [5.74, 6) is 0.580. The summed E-state index contributed by atoms with van der Waals surface area (Å²) in [6.07, 6.45) is 6.66. The van der Waals surface area contributed by atoms with Gasteiger partial charge in [-0.05, 0) is 25.8 Å². The fourth-order valence-electron chi connectivity index (χ4n) is 2.82. The Bertz CT molecular complexity index is 503. The molecule has 6 heteroatoms. The number of hydrogen-bond donors (Lipinski definition) is 1. The quantitative estimate of drug-likeness (QED) is 0.843. The molecule has 3 heterocycles. The minimum Gasteiger partial charge on any atom is -0.329 e. The highest BCUT2D eigenvalue weighted by Crippen LogP contribution is 2.29. The van der Waals surface area contributed by atoms with Crippen LogP contribution in [-0.2, 0) is 9.84 Å². The molecule has 0 saturated carbocycles. The number of imidazole rings is 1. The number of nitrogens with zero attached hydrogens (tertiary/aromatic N) is 2. The molecule has 1 N–H and O–H groups in total. The summed E-state index contributed by atoms with van der Waals surface area (Å²) in [6.45, 7) is 1.04. The molecule has 1 aromatic heterocycles. The normalized spacial score (nSPS) is 32.0. The van der Waals surface area contributed by atoms with Gasteiger partial charge in [-0.15, -0.1) is 0 Å². The van der Waals surface area contributed by atoms with E-state index in [1.165, 1.54) is 6.42 Å². The van der Waals surface area contributed by atoms with Crippen molar-refractivity contribution in [2.45, 2.75) is 31.3 Å². The first-order chi connectivity index (χ1) is 8.16. The van der Waals surface area contributed by atoms with Crippen molar-refractivity contribution in [3.8, 4) is 0 Å². The maximum Gasteiger partial charge on any atom is 0.152 e. The molecule has 0 spiro atoms. The zero-order chi connectivity index (χ0) is 11.9. The van der Waals surface area contributed by atoms with Crippen molar-refractivity contribution >= 4 is 9.84 Å². The van der Waals surface area contributed by atoms with Gasteiger partial charge in [0.25, 0.3) is 0 Å². The number of hydrogen-bond acceptors (Lipinski definition) is 4. The molecule has 5 nitrogen and oxygen atoms in total. The standard InChI is InChI=1S/C11H17N3O2S/c15-17(16)5-3-9(7-17)14-8-12-6-11(14)10-2-1-4-13-10/h6,8-10,13H,1-5,7H2/t9?,10-/m0/s1. The van der Waals surface area contributed by atoms with E-state index in [4.69, 9.17) is 0 Å². The first kappa shape index (κ1) is 11.2. The second-order valence-corrected chi connectivity index (χ2v) is 7.16. The van der Waals surface area contributed by atoms with Crippen molar-refractivity contribution in [3.05, 3.63) is 18.2 Å². The Labute approximate surface area is 101 Å². The zero-order valence-electron chi connectivity index (χ0n) is 9.67. The van der Waals surface area contributed by atoms with Crippen LogP contribution in [0.15, 0.2) is 12.5 Å². The summed E-state index contributed by atoms with van der Waals surface area (Å²) >= 11 is 0. The summed E-state index contributed by atoms with van der Waals surface area (Å²) in [5.41, 5.74) is 1.14. The molecular formula is C11H17N3O2S. The van der Waals surface area contributed by atoms with Crippen molar-refractivity contribution in [1.29, 1.82) is 0 Å². The third kappa shape index (κ3) is 2.11. The van der Waals surface area contributed by atoms with Gasteiger partial charge in [0.15, 0.2) is 9.84 Å². The van der Waals surface area contributed by atoms with Crippen molar-refractivity contribution < 1.29 is 8.42 Å². The monoisotopic (exact) mass is 255 g/mol. The van der Waals surface area contributed by atoms with E-state index in [0.717, 1.165) is 25.1 Å². The molecule has 0 bridgehead atoms. The van der Waals surface area contributed by atoms with Gasteiger partial charge in [-0.3, -0.25) is 0 Å². The van der Waals surface area contributed by atoms with Crippen LogP contribution in [0.25, 0.3) is 0 Å². The Morgan fingerprint density at radius 1 is 1.41 bits per heavy atom. The summed E-state index contributed by atoms with van der Waals surface area (Å²) in [6, 6.07) is 0.431. The van der Waals surface area contributed by atoms with E-state index >= 15 is 0 Å². The summed E-state index contributed by atoms with van der Waals surface area (Å²) in [7, 11) is -2.83. The van der Waals surface area contributed by atoms with Gasteiger partial charge in [-0.1, -0.05) is 0 Å². The predicted octanol–water partition coefficient (Wildman–Crippen LogP) is 0.667. The third-order valence-corrected chi connectivity index (χ3v) is 5.47. The highest BCUT2D eigenvalue weighted by molar-refractivity contribution is 7.91. The zero-order valence-corrected chi connectivity index (χ0v) is 10.5. The molecule has 0 amide bonds. The van der Waals surface area contributed by atoms with Crippen LogP contribution < -0.4 is 5.32 Å². The molecule has 17 heavy (non-hydrogen) atoms. The Hall–Kier alpha value is -0.880. The van der Waals surface area contributed by atoms with Gasteiger partial charge >= 0.3 is 0 Å². The van der Waals surface area contributed by atoms with Crippen LogP contribution in [-0.4, -0.2) is 36.0 Å². The molecule has 1 unspecified atom stereocenters. The molecule has 0 radical (unpaired) electrons. The molecule has 2 aliphatic rings. The average Bonchev–Trinajstić information content (AvgIpc) is 2.93. The van der Waals surface area contributed by atoms with E-state index in [1.54, 1.807) is 6.33 Å². The van der Waals surface area contributed by atoms with E-state index in [1.807, 2.05) is 6.20 Å². The predicted molar refractivity (Wildman–Crippen MR) is 64.5 cm³/mol. The fourth-order valence-corrected chi connectivity index (χ4v) is 4.53. The number of nitrogens with one attached hydrogen (secondary N) is 1. The molecule has 0 aromatic carbocycles. The van der Waals surface area contributed by atoms with E-state index < -0.39 is 9.84 Å². The van der Waals surface area contributed by atoms with E-state index in [0.29, 0.717) is 11.8 Å². The molecular weight excluding hydrogens is 238 g/mol. The van der Waals surface area contributed by atoms with Crippen LogP contribution in [0, 0.1) is 0 Å². The van der Waals surface area contributed by atoms with Gasteiger partial charge in [0.1, 0.15) is 0 Å². The Kier molecular flexibility index (Phi) is 2.71. The second kappa shape index (κ2) is 4.10. The largest absolute Gasteiger partial charge is 0.329 e. The highest BCUT2D eigenvalue weighted by atomic mass is 32.2. The van der Waals surface area contributed by atoms with E-state index in [9.17, 15) is 8.42 Å². The van der Waals surface area contributed by atoms with Crippen LogP contribution in [0.5, 0.6) is 0 Å². The first-order valence-electron chi connectivity index (χ1n) is 6.11. The Balaban J connectivity index is 1.86. The topological polar surface area (TPSA) is 64.0 Å². The lowest BCUT2D eigenvalue weighted by atomic mass is 10.1. The van der Waals surface area contributed by atoms with Crippen LogP contribution in [0.3, 0.4) is 0 Å². The second-order valence-electron chi connectivity index (χ2n) is 4.93. The molecule has 2 fully saturated rings. The van der Waals surface area contributed by atoms with Crippen molar-refractivity contribution in [3.63, 3.8) is 0 Å². The van der Waals surface area contributed by atoms with Gasteiger partial charge in [0, 0.05) is 18.3 Å². The third-order valence-electron chi connectivity index (χ3n) is 3.72. The van der Waals surface area contributed by atoms with E-state index in [-0.39, 0.29) is 11.8 Å². The highest BCUT2D eigenvalue weighted by Gasteiger charge is 2.31. The van der Waals surface area contributed by atoms with Crippen molar-refractivity contribution in [2.24, 2.45) is 0 Å². The lowest BCUT2D eigenvalue weighted by Gasteiger charge is -2.18. The summed E-state index contributed by atoms with van der Waals surface area (Å²) in [5, 5.41) is 3.43. The molecule has 0 aliphatic carbocycles. The maximum atomic E-state index is 11.5. The number of aromatic nitrogens is 2. The van der Waals surface area contributed by atoms with Gasteiger partial charge in [-0.25, -0.2) is 13.4 Å². The summed E-state index contributed by atoms with van der Waals surface area (Å²) < 4.78 is 25.1. The van der Waals surface area contributed by atoms with Gasteiger partial charge in [0.05, 0.1) is 23.5 Å². The van der Waals surface area contributed by atoms with Crippen molar-refractivity contribution in [2.75, 3.05) is 18.1 Å². The maximum absolute atomic E-state index is 11.5. The SMILES string of the molecule is O=S1(=O)CCC(n2cncc2[C@@H]2CCCN2)C1. The number of rotatable bonds is 2. The molecule has 3 rings (SSSR count). The minimum atomic E-state index is -2.83. The fraction of sp³-hybridized carbons (Fsp3) is 0.727. The molecule has 1 aromatic rings. The molecule has 2 saturated heterocycles. The first-order valence-corrected chi connectivity index (χ1v) is 7.93. The Morgan fingerprint density at radius 2 is 2.29 bits per heavy atom. The average molecular weight is 255 g/mol. The lowest BCUT2D eigenvalue weighted by Crippen LogP contribution is -2.20. The van der Waals surface area contributed by atoms with Gasteiger partial charge < -0.3 is 9.88 Å². The van der Waals surface area contributed by atoms with Crippen molar-refractivity contribution in [1.82, 2.24) is 14.9 Å². The van der Waals surface area contributed by atoms with Gasteiger partial charge in [-0.2, -0.15) is 0 Å². The Morgan fingerprint density at radius 3 is 2.94 bits per heavy atom. The smallest absolute Gasteiger partial charge is 0.152 e.